The molecule has 4 N–H and O–H groups in total. The lowest BCUT2D eigenvalue weighted by Crippen LogP contribution is -2.56. The molecule has 172 valence electrons. The molecule has 0 radical (unpaired) electrons. The number of carbonyl (C=O) groups excluding carboxylic acids is 2. The standard InChI is InChI=1S/C22H30O9/c1-11-7-15-16(8-17(11)30-13(3)25)22(4,29)9-18(19(15)12(2)20(26)27)31-21(28)14(10-24)5-6-23/h5,7,15-19,23-24,29H,2,6,8-10H2,1,3-4H3,(H,26,27)/b14-5+/t15-,16+,17+,18+,19-,22+/m1/s1. The number of rotatable bonds is 7. The third-order valence-corrected chi connectivity index (χ3v) is 6.14. The van der Waals surface area contributed by atoms with Gasteiger partial charge in [-0.05, 0) is 43.8 Å². The van der Waals surface area contributed by atoms with Crippen LogP contribution in [-0.4, -0.2) is 69.4 Å². The van der Waals surface area contributed by atoms with Crippen LogP contribution in [-0.2, 0) is 23.9 Å². The van der Waals surface area contributed by atoms with E-state index in [0.717, 1.165) is 6.08 Å². The molecule has 0 heterocycles. The largest absolute Gasteiger partial charge is 0.478 e. The molecule has 0 aliphatic heterocycles. The highest BCUT2D eigenvalue weighted by Gasteiger charge is 2.54. The fourth-order valence-corrected chi connectivity index (χ4v) is 4.65. The van der Waals surface area contributed by atoms with Crippen LogP contribution in [0.3, 0.4) is 0 Å². The predicted octanol–water partition coefficient (Wildman–Crippen LogP) is 0.735. The molecular weight excluding hydrogens is 408 g/mol. The zero-order chi connectivity index (χ0) is 23.5. The first-order chi connectivity index (χ1) is 14.4. The van der Waals surface area contributed by atoms with Crippen molar-refractivity contribution >= 4 is 17.9 Å². The highest BCUT2D eigenvalue weighted by Crippen LogP contribution is 2.51. The molecule has 0 aromatic heterocycles. The van der Waals surface area contributed by atoms with E-state index in [1.54, 1.807) is 19.9 Å². The summed E-state index contributed by atoms with van der Waals surface area (Å²) in [4.78, 5) is 35.7. The lowest BCUT2D eigenvalue weighted by atomic mass is 9.57. The van der Waals surface area contributed by atoms with Crippen molar-refractivity contribution in [3.63, 3.8) is 0 Å². The van der Waals surface area contributed by atoms with E-state index in [0.29, 0.717) is 5.57 Å². The molecule has 0 unspecified atom stereocenters. The summed E-state index contributed by atoms with van der Waals surface area (Å²) in [6.07, 6.45) is 1.49. The fraction of sp³-hybridized carbons (Fsp3) is 0.591. The van der Waals surface area contributed by atoms with E-state index >= 15 is 0 Å². The van der Waals surface area contributed by atoms with Crippen LogP contribution in [0.25, 0.3) is 0 Å². The van der Waals surface area contributed by atoms with Crippen molar-refractivity contribution in [1.29, 1.82) is 0 Å². The van der Waals surface area contributed by atoms with Gasteiger partial charge in [0.2, 0.25) is 0 Å². The average molecular weight is 438 g/mol. The zero-order valence-electron chi connectivity index (χ0n) is 17.9. The summed E-state index contributed by atoms with van der Waals surface area (Å²) in [6.45, 7) is 7.15. The van der Waals surface area contributed by atoms with Gasteiger partial charge in [-0.1, -0.05) is 12.7 Å². The number of hydrogen-bond acceptors (Lipinski definition) is 8. The number of carboxylic acids is 1. The second kappa shape index (κ2) is 9.76. The summed E-state index contributed by atoms with van der Waals surface area (Å²) in [5.41, 5.74) is -0.997. The van der Waals surface area contributed by atoms with Crippen LogP contribution in [0.2, 0.25) is 0 Å². The van der Waals surface area contributed by atoms with Crippen LogP contribution in [0.5, 0.6) is 0 Å². The summed E-state index contributed by atoms with van der Waals surface area (Å²) in [5.74, 6) is -4.47. The Bertz CT molecular complexity index is 808. The Morgan fingerprint density at radius 2 is 1.94 bits per heavy atom. The highest BCUT2D eigenvalue weighted by atomic mass is 16.5. The maximum atomic E-state index is 12.5. The van der Waals surface area contributed by atoms with Crippen LogP contribution < -0.4 is 0 Å². The maximum absolute atomic E-state index is 12.5. The van der Waals surface area contributed by atoms with Gasteiger partial charge in [0, 0.05) is 24.8 Å². The number of aliphatic hydroxyl groups is 3. The molecule has 0 saturated heterocycles. The van der Waals surface area contributed by atoms with Crippen LogP contribution >= 0.6 is 0 Å². The molecule has 2 aliphatic rings. The van der Waals surface area contributed by atoms with Gasteiger partial charge in [0.1, 0.15) is 12.2 Å². The number of carboxylic acid groups (broad SMARTS) is 1. The summed E-state index contributed by atoms with van der Waals surface area (Å²) in [6, 6.07) is 0. The van der Waals surface area contributed by atoms with E-state index in [4.69, 9.17) is 14.6 Å². The first kappa shape index (κ1) is 24.8. The van der Waals surface area contributed by atoms with Crippen LogP contribution in [0.1, 0.15) is 33.6 Å². The molecule has 0 aromatic rings. The minimum Gasteiger partial charge on any atom is -0.478 e. The summed E-state index contributed by atoms with van der Waals surface area (Å²) in [5, 5.41) is 39.2. The number of esters is 2. The Balaban J connectivity index is 2.47. The number of allylic oxidation sites excluding steroid dienone is 1. The molecule has 31 heavy (non-hydrogen) atoms. The van der Waals surface area contributed by atoms with Crippen LogP contribution in [0.4, 0.5) is 0 Å². The molecule has 0 aromatic carbocycles. The maximum Gasteiger partial charge on any atom is 0.336 e. The van der Waals surface area contributed by atoms with E-state index in [1.807, 2.05) is 0 Å². The van der Waals surface area contributed by atoms with Gasteiger partial charge in [0.05, 0.1) is 24.4 Å². The Hall–Kier alpha value is -2.49. The Morgan fingerprint density at radius 3 is 2.45 bits per heavy atom. The van der Waals surface area contributed by atoms with E-state index in [1.165, 1.54) is 6.92 Å². The molecule has 1 saturated carbocycles. The van der Waals surface area contributed by atoms with Gasteiger partial charge in [-0.2, -0.15) is 0 Å². The molecule has 2 rings (SSSR count). The summed E-state index contributed by atoms with van der Waals surface area (Å²) < 4.78 is 10.9. The monoisotopic (exact) mass is 438 g/mol. The van der Waals surface area contributed by atoms with Crippen molar-refractivity contribution in [1.82, 2.24) is 0 Å². The summed E-state index contributed by atoms with van der Waals surface area (Å²) >= 11 is 0. The number of fused-ring (bicyclic) bond motifs is 1. The van der Waals surface area contributed by atoms with Gasteiger partial charge in [0.25, 0.3) is 0 Å². The highest BCUT2D eigenvalue weighted by molar-refractivity contribution is 5.89. The van der Waals surface area contributed by atoms with Crippen molar-refractivity contribution < 1.29 is 44.3 Å². The second-order valence-electron chi connectivity index (χ2n) is 8.36. The SMILES string of the molecule is C=C(C(=O)O)[C@@H]1[C@@H]2C=C(C)[C@@H](OC(C)=O)C[C@@H]2[C@@](C)(O)C[C@@H]1OC(=O)/C(=C/CO)CO. The molecule has 9 heteroatoms. The van der Waals surface area contributed by atoms with Crippen LogP contribution in [0, 0.1) is 17.8 Å². The van der Waals surface area contributed by atoms with Crippen molar-refractivity contribution in [2.75, 3.05) is 13.2 Å². The smallest absolute Gasteiger partial charge is 0.336 e. The number of hydrogen-bond donors (Lipinski definition) is 4. The van der Waals surface area contributed by atoms with E-state index in [2.05, 4.69) is 6.58 Å². The predicted molar refractivity (Wildman–Crippen MR) is 109 cm³/mol. The zero-order valence-corrected chi connectivity index (χ0v) is 17.9. The van der Waals surface area contributed by atoms with E-state index in [9.17, 15) is 29.7 Å². The van der Waals surface area contributed by atoms with Crippen LogP contribution in [0.15, 0.2) is 35.5 Å². The minimum atomic E-state index is -1.36. The van der Waals surface area contributed by atoms with Crippen molar-refractivity contribution in [3.8, 4) is 0 Å². The summed E-state index contributed by atoms with van der Waals surface area (Å²) in [7, 11) is 0. The quantitative estimate of drug-likeness (QED) is 0.256. The first-order valence-electron chi connectivity index (χ1n) is 10.0. The molecule has 9 nitrogen and oxygen atoms in total. The molecule has 1 fully saturated rings. The molecule has 6 atom stereocenters. The third kappa shape index (κ3) is 5.41. The second-order valence-corrected chi connectivity index (χ2v) is 8.36. The fourth-order valence-electron chi connectivity index (χ4n) is 4.65. The van der Waals surface area contributed by atoms with Crippen molar-refractivity contribution in [2.24, 2.45) is 17.8 Å². The minimum absolute atomic E-state index is 0.0750. The van der Waals surface area contributed by atoms with Gasteiger partial charge in [0.15, 0.2) is 0 Å². The lowest BCUT2D eigenvalue weighted by Gasteiger charge is -2.52. The van der Waals surface area contributed by atoms with Gasteiger partial charge in [-0.15, -0.1) is 0 Å². The lowest BCUT2D eigenvalue weighted by molar-refractivity contribution is -0.172. The van der Waals surface area contributed by atoms with Gasteiger partial charge in [-0.25, -0.2) is 9.59 Å². The molecule has 0 spiro atoms. The topological polar surface area (TPSA) is 151 Å². The van der Waals surface area contributed by atoms with Gasteiger partial charge in [-0.3, -0.25) is 4.79 Å². The van der Waals surface area contributed by atoms with Gasteiger partial charge >= 0.3 is 17.9 Å². The van der Waals surface area contributed by atoms with Crippen molar-refractivity contribution in [2.45, 2.75) is 51.4 Å². The third-order valence-electron chi connectivity index (χ3n) is 6.14. The molecule has 0 bridgehead atoms. The first-order valence-corrected chi connectivity index (χ1v) is 10.0. The van der Waals surface area contributed by atoms with Crippen molar-refractivity contribution in [3.05, 3.63) is 35.5 Å². The van der Waals surface area contributed by atoms with Gasteiger partial charge < -0.3 is 29.9 Å². The van der Waals surface area contributed by atoms with E-state index < -0.39 is 66.7 Å². The number of ether oxygens (including phenoxy) is 2. The molecule has 0 amide bonds. The Morgan fingerprint density at radius 1 is 1.29 bits per heavy atom. The number of aliphatic hydroxyl groups excluding tert-OH is 2. The average Bonchev–Trinajstić information content (AvgIpc) is 2.66. The molecular formula is C22H30O9. The van der Waals surface area contributed by atoms with E-state index in [-0.39, 0.29) is 24.0 Å². The number of carbonyl (C=O) groups is 3. The number of aliphatic carboxylic acids is 1. The Labute approximate surface area is 180 Å². The normalized spacial score (nSPS) is 33.0. The Kier molecular flexibility index (Phi) is 7.80. The molecule has 2 aliphatic carbocycles.